The molecule has 0 aliphatic rings. The molecule has 116 valence electrons. The summed E-state index contributed by atoms with van der Waals surface area (Å²) in [5.41, 5.74) is 2.13. The molecule has 0 bridgehead atoms. The van der Waals surface area contributed by atoms with Crippen LogP contribution in [0.1, 0.15) is 24.1 Å². The van der Waals surface area contributed by atoms with Crippen molar-refractivity contribution in [3.8, 4) is 0 Å². The summed E-state index contributed by atoms with van der Waals surface area (Å²) in [5.74, 6) is -1.36. The van der Waals surface area contributed by atoms with Crippen molar-refractivity contribution in [1.29, 1.82) is 0 Å². The van der Waals surface area contributed by atoms with Gasteiger partial charge in [0.05, 0.1) is 0 Å². The minimum absolute atomic E-state index is 0.159. The monoisotopic (exact) mass is 305 g/mol. The summed E-state index contributed by atoms with van der Waals surface area (Å²) < 4.78 is 26.6. The molecule has 3 nitrogen and oxygen atoms in total. The fraction of sp³-hybridized carbons (Fsp3) is 0.235. The van der Waals surface area contributed by atoms with E-state index in [0.717, 1.165) is 17.3 Å². The first kappa shape index (κ1) is 16.1. The Kier molecular flexibility index (Phi) is 5.22. The number of halogens is 2. The van der Waals surface area contributed by atoms with Crippen molar-refractivity contribution in [2.24, 2.45) is 0 Å². The number of amides is 1. The number of aryl methyl sites for hydroxylation is 1. The van der Waals surface area contributed by atoms with E-state index in [1.54, 1.807) is 12.2 Å². The molecular formula is C17H19F2N2O+. The van der Waals surface area contributed by atoms with Crippen LogP contribution < -0.4 is 10.6 Å². The van der Waals surface area contributed by atoms with Crippen molar-refractivity contribution in [3.05, 3.63) is 65.2 Å². The van der Waals surface area contributed by atoms with Crippen molar-refractivity contribution in [1.82, 2.24) is 0 Å². The molecule has 0 radical (unpaired) electrons. The van der Waals surface area contributed by atoms with Gasteiger partial charge in [-0.2, -0.15) is 0 Å². The van der Waals surface area contributed by atoms with Gasteiger partial charge in [-0.3, -0.25) is 4.79 Å². The zero-order valence-corrected chi connectivity index (χ0v) is 12.6. The predicted molar refractivity (Wildman–Crippen MR) is 81.4 cm³/mol. The lowest BCUT2D eigenvalue weighted by Gasteiger charge is -2.12. The van der Waals surface area contributed by atoms with Crippen LogP contribution in [0, 0.1) is 18.6 Å². The number of nitrogens with two attached hydrogens (primary N) is 1. The summed E-state index contributed by atoms with van der Waals surface area (Å²) in [6.45, 7) is 3.85. The number of nitrogens with one attached hydrogen (secondary N) is 1. The molecule has 2 aromatic rings. The third-order valence-electron chi connectivity index (χ3n) is 3.53. The van der Waals surface area contributed by atoms with E-state index in [9.17, 15) is 13.6 Å². The summed E-state index contributed by atoms with van der Waals surface area (Å²) in [6.07, 6.45) is 0. The molecule has 0 saturated carbocycles. The molecule has 0 unspecified atom stereocenters. The minimum Gasteiger partial charge on any atom is -0.332 e. The van der Waals surface area contributed by atoms with Crippen LogP contribution in [0.15, 0.2) is 42.5 Å². The average Bonchev–Trinajstić information content (AvgIpc) is 2.47. The number of carbonyl (C=O) groups excluding carboxylic acids is 1. The van der Waals surface area contributed by atoms with E-state index >= 15 is 0 Å². The van der Waals surface area contributed by atoms with E-state index in [2.05, 4.69) is 5.32 Å². The van der Waals surface area contributed by atoms with Gasteiger partial charge in [0.1, 0.15) is 17.7 Å². The van der Waals surface area contributed by atoms with E-state index in [4.69, 9.17) is 0 Å². The van der Waals surface area contributed by atoms with Crippen molar-refractivity contribution < 1.29 is 18.9 Å². The second kappa shape index (κ2) is 7.13. The van der Waals surface area contributed by atoms with Gasteiger partial charge in [-0.15, -0.1) is 0 Å². The first-order valence-electron chi connectivity index (χ1n) is 7.11. The number of anilines is 1. The van der Waals surface area contributed by atoms with Gasteiger partial charge in [-0.25, -0.2) is 8.78 Å². The van der Waals surface area contributed by atoms with E-state index in [0.29, 0.717) is 5.56 Å². The molecule has 0 heterocycles. The fourth-order valence-corrected chi connectivity index (χ4v) is 2.20. The molecule has 2 rings (SSSR count). The zero-order valence-electron chi connectivity index (χ0n) is 12.6. The molecule has 0 spiro atoms. The van der Waals surface area contributed by atoms with Crippen LogP contribution >= 0.6 is 0 Å². The van der Waals surface area contributed by atoms with Gasteiger partial charge < -0.3 is 10.6 Å². The quantitative estimate of drug-likeness (QED) is 0.876. The van der Waals surface area contributed by atoms with E-state index in [1.807, 2.05) is 31.2 Å². The Morgan fingerprint density at radius 2 is 1.95 bits per heavy atom. The molecular weight excluding hydrogens is 286 g/mol. The zero-order chi connectivity index (χ0) is 16.1. The Morgan fingerprint density at radius 3 is 2.64 bits per heavy atom. The molecule has 5 heteroatoms. The molecule has 22 heavy (non-hydrogen) atoms. The second-order valence-corrected chi connectivity index (χ2v) is 5.26. The summed E-state index contributed by atoms with van der Waals surface area (Å²) in [7, 11) is 0. The van der Waals surface area contributed by atoms with Gasteiger partial charge in [0.25, 0.3) is 5.91 Å². The van der Waals surface area contributed by atoms with Crippen LogP contribution in [-0.4, -0.2) is 12.5 Å². The summed E-state index contributed by atoms with van der Waals surface area (Å²) in [4.78, 5) is 11.9. The van der Waals surface area contributed by atoms with E-state index in [1.165, 1.54) is 12.1 Å². The van der Waals surface area contributed by atoms with Crippen molar-refractivity contribution in [2.45, 2.75) is 19.9 Å². The van der Waals surface area contributed by atoms with Gasteiger partial charge >= 0.3 is 0 Å². The Labute approximate surface area is 128 Å². The highest BCUT2D eigenvalue weighted by molar-refractivity contribution is 5.92. The molecule has 3 N–H and O–H groups in total. The SMILES string of the molecule is Cc1ccccc1NC(=O)C[NH2+][C@@H](C)c1ccc(F)cc1F. The fourth-order valence-electron chi connectivity index (χ4n) is 2.20. The van der Waals surface area contributed by atoms with Crippen LogP contribution in [0.4, 0.5) is 14.5 Å². The highest BCUT2D eigenvalue weighted by Gasteiger charge is 2.16. The van der Waals surface area contributed by atoms with Gasteiger partial charge in [-0.05, 0) is 37.6 Å². The molecule has 0 saturated heterocycles. The van der Waals surface area contributed by atoms with Crippen molar-refractivity contribution in [2.75, 3.05) is 11.9 Å². The molecule has 0 aliphatic carbocycles. The number of hydrogen-bond donors (Lipinski definition) is 2. The average molecular weight is 305 g/mol. The Morgan fingerprint density at radius 1 is 1.23 bits per heavy atom. The molecule has 0 aromatic heterocycles. The molecule has 2 aromatic carbocycles. The second-order valence-electron chi connectivity index (χ2n) is 5.26. The lowest BCUT2D eigenvalue weighted by molar-refractivity contribution is -0.682. The lowest BCUT2D eigenvalue weighted by Crippen LogP contribution is -2.86. The minimum atomic E-state index is -0.606. The first-order valence-corrected chi connectivity index (χ1v) is 7.11. The van der Waals surface area contributed by atoms with E-state index in [-0.39, 0.29) is 18.5 Å². The maximum atomic E-state index is 13.7. The summed E-state index contributed by atoms with van der Waals surface area (Å²) >= 11 is 0. The van der Waals surface area contributed by atoms with Crippen LogP contribution in [0.3, 0.4) is 0 Å². The highest BCUT2D eigenvalue weighted by atomic mass is 19.1. The van der Waals surface area contributed by atoms with Crippen molar-refractivity contribution in [3.63, 3.8) is 0 Å². The van der Waals surface area contributed by atoms with Crippen LogP contribution in [-0.2, 0) is 4.79 Å². The number of para-hydroxylation sites is 1. The third kappa shape index (κ3) is 4.11. The van der Waals surface area contributed by atoms with Gasteiger partial charge in [-0.1, -0.05) is 18.2 Å². The molecule has 0 fully saturated rings. The number of hydrogen-bond acceptors (Lipinski definition) is 1. The Bertz CT molecular complexity index is 673. The van der Waals surface area contributed by atoms with Crippen LogP contribution in [0.5, 0.6) is 0 Å². The van der Waals surface area contributed by atoms with Gasteiger partial charge in [0.15, 0.2) is 6.54 Å². The van der Waals surface area contributed by atoms with Gasteiger partial charge in [0.2, 0.25) is 0 Å². The van der Waals surface area contributed by atoms with Gasteiger partial charge in [0, 0.05) is 17.3 Å². The largest absolute Gasteiger partial charge is 0.332 e. The maximum Gasteiger partial charge on any atom is 0.279 e. The topological polar surface area (TPSA) is 45.7 Å². The standard InChI is InChI=1S/C17H18F2N2O/c1-11-5-3-4-6-16(11)21-17(22)10-20-12(2)14-8-7-13(18)9-15(14)19/h3-9,12,20H,10H2,1-2H3,(H,21,22)/p+1/t12-/m0/s1. The van der Waals surface area contributed by atoms with Crippen LogP contribution in [0.25, 0.3) is 0 Å². The lowest BCUT2D eigenvalue weighted by atomic mass is 10.1. The summed E-state index contributed by atoms with van der Waals surface area (Å²) in [6, 6.07) is 10.7. The maximum absolute atomic E-state index is 13.7. The Balaban J connectivity index is 1.92. The number of quaternary nitrogens is 1. The Hall–Kier alpha value is -2.27. The smallest absolute Gasteiger partial charge is 0.279 e. The third-order valence-corrected chi connectivity index (χ3v) is 3.53. The number of carbonyl (C=O) groups is 1. The first-order chi connectivity index (χ1) is 10.5. The normalized spacial score (nSPS) is 12.0. The number of benzene rings is 2. The van der Waals surface area contributed by atoms with Crippen molar-refractivity contribution >= 4 is 11.6 Å². The molecule has 1 amide bonds. The highest BCUT2D eigenvalue weighted by Crippen LogP contribution is 2.15. The molecule has 1 atom stereocenters. The molecule has 0 aliphatic heterocycles. The van der Waals surface area contributed by atoms with E-state index < -0.39 is 11.6 Å². The summed E-state index contributed by atoms with van der Waals surface area (Å²) in [5, 5.41) is 4.53. The number of rotatable bonds is 5. The predicted octanol–water partition coefficient (Wildman–Crippen LogP) is 2.54. The van der Waals surface area contributed by atoms with Crippen LogP contribution in [0.2, 0.25) is 0 Å².